The number of carbonyl (C=O) groups is 2. The number of amides is 1. The summed E-state index contributed by atoms with van der Waals surface area (Å²) in [6.07, 6.45) is -1.36. The maximum Gasteiger partial charge on any atom is 0.338 e. The molecule has 0 aliphatic rings. The second-order valence-corrected chi connectivity index (χ2v) is 9.20. The first-order valence-corrected chi connectivity index (χ1v) is 10.4. The predicted molar refractivity (Wildman–Crippen MR) is 106 cm³/mol. The average Bonchev–Trinajstić information content (AvgIpc) is 2.62. The number of benzene rings is 2. The second-order valence-electron chi connectivity index (χ2n) is 7.51. The van der Waals surface area contributed by atoms with Crippen molar-refractivity contribution in [2.75, 3.05) is 5.32 Å². The van der Waals surface area contributed by atoms with Crippen LogP contribution in [0.5, 0.6) is 0 Å². The summed E-state index contributed by atoms with van der Waals surface area (Å²) < 4.78 is 59.3. The van der Waals surface area contributed by atoms with Crippen LogP contribution < -0.4 is 10.0 Å². The van der Waals surface area contributed by atoms with Crippen LogP contribution in [-0.4, -0.2) is 31.9 Å². The molecule has 2 aromatic rings. The first-order valence-electron chi connectivity index (χ1n) is 8.90. The van der Waals surface area contributed by atoms with Gasteiger partial charge in [0.2, 0.25) is 10.0 Å². The van der Waals surface area contributed by atoms with Gasteiger partial charge in [-0.05, 0) is 64.1 Å². The van der Waals surface area contributed by atoms with Crippen LogP contribution >= 0.6 is 0 Å². The highest BCUT2D eigenvalue weighted by Gasteiger charge is 2.24. The second kappa shape index (κ2) is 8.88. The lowest BCUT2D eigenvalue weighted by molar-refractivity contribution is -0.123. The van der Waals surface area contributed by atoms with Gasteiger partial charge >= 0.3 is 5.97 Å². The van der Waals surface area contributed by atoms with Crippen LogP contribution in [-0.2, 0) is 19.6 Å². The van der Waals surface area contributed by atoms with Gasteiger partial charge in [0.05, 0.1) is 10.5 Å². The van der Waals surface area contributed by atoms with Crippen LogP contribution in [0.15, 0.2) is 47.4 Å². The van der Waals surface area contributed by atoms with E-state index >= 15 is 0 Å². The molecule has 0 aliphatic carbocycles. The number of sulfonamides is 1. The van der Waals surface area contributed by atoms with Crippen LogP contribution in [0.3, 0.4) is 0 Å². The highest BCUT2D eigenvalue weighted by molar-refractivity contribution is 7.89. The Morgan fingerprint density at radius 1 is 1.00 bits per heavy atom. The number of hydrogen-bond acceptors (Lipinski definition) is 5. The zero-order valence-corrected chi connectivity index (χ0v) is 17.6. The molecule has 7 nitrogen and oxygen atoms in total. The number of nitrogens with one attached hydrogen (secondary N) is 2. The van der Waals surface area contributed by atoms with Crippen molar-refractivity contribution in [2.24, 2.45) is 0 Å². The molecule has 0 bridgehead atoms. The Morgan fingerprint density at radius 2 is 1.53 bits per heavy atom. The molecule has 1 atom stereocenters. The molecular weight excluding hydrogens is 418 g/mol. The van der Waals surface area contributed by atoms with Gasteiger partial charge in [0, 0.05) is 5.54 Å². The summed E-state index contributed by atoms with van der Waals surface area (Å²) in [7, 11) is -3.78. The maximum atomic E-state index is 13.6. The standard InChI is InChI=1S/C20H22F2N2O5S/c1-12(18(25)23-17-15(21)6-5-7-16(17)22)29-19(26)13-8-10-14(11-9-13)30(27,28)24-20(2,3)4/h5-12,24H,1-4H3,(H,23,25). The van der Waals surface area contributed by atoms with Crippen molar-refractivity contribution in [3.63, 3.8) is 0 Å². The number of rotatable bonds is 6. The zero-order valence-electron chi connectivity index (χ0n) is 16.8. The average molecular weight is 440 g/mol. The minimum atomic E-state index is -3.78. The highest BCUT2D eigenvalue weighted by atomic mass is 32.2. The molecule has 0 heterocycles. The Bertz CT molecular complexity index is 1030. The molecule has 0 saturated heterocycles. The van der Waals surface area contributed by atoms with Gasteiger partial charge in [0.15, 0.2) is 6.10 Å². The number of anilines is 1. The summed E-state index contributed by atoms with van der Waals surface area (Å²) in [5.41, 5.74) is -1.33. The third-order valence-electron chi connectivity index (χ3n) is 3.70. The van der Waals surface area contributed by atoms with Crippen LogP contribution in [0.2, 0.25) is 0 Å². The van der Waals surface area contributed by atoms with Gasteiger partial charge in [-0.3, -0.25) is 4.79 Å². The van der Waals surface area contributed by atoms with Crippen LogP contribution in [0, 0.1) is 11.6 Å². The highest BCUT2D eigenvalue weighted by Crippen LogP contribution is 2.19. The number of esters is 1. The zero-order chi connectivity index (χ0) is 22.7. The molecule has 0 radical (unpaired) electrons. The fourth-order valence-corrected chi connectivity index (χ4v) is 3.77. The summed E-state index contributed by atoms with van der Waals surface area (Å²) in [5, 5.41) is 2.03. The topological polar surface area (TPSA) is 102 Å². The van der Waals surface area contributed by atoms with Crippen molar-refractivity contribution in [3.8, 4) is 0 Å². The number of carbonyl (C=O) groups excluding carboxylic acids is 2. The molecule has 30 heavy (non-hydrogen) atoms. The van der Waals surface area contributed by atoms with Gasteiger partial charge in [0.25, 0.3) is 5.91 Å². The van der Waals surface area contributed by atoms with Crippen molar-refractivity contribution in [1.29, 1.82) is 0 Å². The minimum absolute atomic E-state index is 0.00132. The summed E-state index contributed by atoms with van der Waals surface area (Å²) in [6, 6.07) is 8.01. The Hall–Kier alpha value is -2.85. The molecule has 0 aliphatic heterocycles. The molecule has 0 aromatic heterocycles. The lowest BCUT2D eigenvalue weighted by Crippen LogP contribution is -2.40. The molecule has 0 saturated carbocycles. The summed E-state index contributed by atoms with van der Waals surface area (Å²) in [6.45, 7) is 6.31. The van der Waals surface area contributed by atoms with E-state index in [2.05, 4.69) is 4.72 Å². The number of para-hydroxylation sites is 1. The van der Waals surface area contributed by atoms with Crippen molar-refractivity contribution in [2.45, 2.75) is 44.2 Å². The third kappa shape index (κ3) is 6.07. The van der Waals surface area contributed by atoms with Gasteiger partial charge < -0.3 is 10.1 Å². The normalized spacial score (nSPS) is 12.9. The third-order valence-corrected chi connectivity index (χ3v) is 5.48. The van der Waals surface area contributed by atoms with E-state index in [1.165, 1.54) is 31.2 Å². The lowest BCUT2D eigenvalue weighted by atomic mass is 10.1. The van der Waals surface area contributed by atoms with E-state index in [-0.39, 0.29) is 10.5 Å². The maximum absolute atomic E-state index is 13.6. The largest absolute Gasteiger partial charge is 0.449 e. The van der Waals surface area contributed by atoms with E-state index < -0.39 is 50.9 Å². The van der Waals surface area contributed by atoms with Gasteiger partial charge in [0.1, 0.15) is 17.3 Å². The molecule has 0 fully saturated rings. The Balaban J connectivity index is 2.06. The molecule has 2 rings (SSSR count). The first kappa shape index (κ1) is 23.4. The number of halogens is 2. The lowest BCUT2D eigenvalue weighted by Gasteiger charge is -2.20. The van der Waals surface area contributed by atoms with Gasteiger partial charge in [-0.25, -0.2) is 26.7 Å². The molecule has 2 aromatic carbocycles. The predicted octanol–water partition coefficient (Wildman–Crippen LogP) is 3.23. The summed E-state index contributed by atoms with van der Waals surface area (Å²) >= 11 is 0. The summed E-state index contributed by atoms with van der Waals surface area (Å²) in [5.74, 6) is -3.77. The Kier molecular flexibility index (Phi) is 6.94. The molecule has 0 spiro atoms. The molecule has 2 N–H and O–H groups in total. The van der Waals surface area contributed by atoms with Crippen LogP contribution in [0.1, 0.15) is 38.1 Å². The number of ether oxygens (including phenoxy) is 1. The van der Waals surface area contributed by atoms with Crippen molar-refractivity contribution in [3.05, 3.63) is 59.7 Å². The van der Waals surface area contributed by atoms with Crippen molar-refractivity contribution >= 4 is 27.6 Å². The SMILES string of the molecule is CC(OC(=O)c1ccc(S(=O)(=O)NC(C)(C)C)cc1)C(=O)Nc1c(F)cccc1F. The smallest absolute Gasteiger partial charge is 0.338 e. The first-order chi connectivity index (χ1) is 13.8. The monoisotopic (exact) mass is 440 g/mol. The van der Waals surface area contributed by atoms with Crippen LogP contribution in [0.4, 0.5) is 14.5 Å². The number of hydrogen-bond donors (Lipinski definition) is 2. The van der Waals surface area contributed by atoms with Crippen LogP contribution in [0.25, 0.3) is 0 Å². The van der Waals surface area contributed by atoms with E-state index in [1.807, 2.05) is 5.32 Å². The van der Waals surface area contributed by atoms with E-state index in [0.717, 1.165) is 18.2 Å². The van der Waals surface area contributed by atoms with E-state index in [9.17, 15) is 26.8 Å². The quantitative estimate of drug-likeness (QED) is 0.672. The van der Waals surface area contributed by atoms with E-state index in [4.69, 9.17) is 4.74 Å². The van der Waals surface area contributed by atoms with Crippen molar-refractivity contribution < 1.29 is 31.5 Å². The fourth-order valence-electron chi connectivity index (χ4n) is 2.36. The van der Waals surface area contributed by atoms with E-state index in [0.29, 0.717) is 0 Å². The van der Waals surface area contributed by atoms with Gasteiger partial charge in [-0.2, -0.15) is 0 Å². The minimum Gasteiger partial charge on any atom is -0.449 e. The molecule has 10 heteroatoms. The Labute approximate surface area is 173 Å². The summed E-state index contributed by atoms with van der Waals surface area (Å²) in [4.78, 5) is 24.3. The van der Waals surface area contributed by atoms with Crippen molar-refractivity contribution in [1.82, 2.24) is 4.72 Å². The van der Waals surface area contributed by atoms with E-state index in [1.54, 1.807) is 20.8 Å². The molecule has 1 unspecified atom stereocenters. The molecule has 162 valence electrons. The Morgan fingerprint density at radius 3 is 2.03 bits per heavy atom. The van der Waals surface area contributed by atoms with Gasteiger partial charge in [-0.1, -0.05) is 6.07 Å². The fraction of sp³-hybridized carbons (Fsp3) is 0.300. The van der Waals surface area contributed by atoms with Gasteiger partial charge in [-0.15, -0.1) is 0 Å². The molecular formula is C20H22F2N2O5S. The molecule has 1 amide bonds.